The summed E-state index contributed by atoms with van der Waals surface area (Å²) < 4.78 is 3.05. The molecule has 1 atom stereocenters. The number of para-hydroxylation sites is 1. The van der Waals surface area contributed by atoms with Crippen molar-refractivity contribution in [2.45, 2.75) is 45.2 Å². The standard InChI is InChI=1S/C16H22N2OS/c1-2-13-7-5-6-10-17(13)11-12-18-14-8-3-4-9-15(14)20-16(18)19/h3-4,8-9,13H,2,5-7,10-12H2,1H3. The minimum absolute atomic E-state index is 0.177. The van der Waals surface area contributed by atoms with E-state index in [4.69, 9.17) is 0 Å². The predicted molar refractivity (Wildman–Crippen MR) is 85.6 cm³/mol. The second-order valence-electron chi connectivity index (χ2n) is 5.58. The van der Waals surface area contributed by atoms with Crippen molar-refractivity contribution < 1.29 is 0 Å². The Balaban J connectivity index is 1.76. The van der Waals surface area contributed by atoms with Crippen LogP contribution in [0.15, 0.2) is 29.1 Å². The Morgan fingerprint density at radius 3 is 2.95 bits per heavy atom. The third-order valence-corrected chi connectivity index (χ3v) is 5.36. The molecule has 1 unspecified atom stereocenters. The summed E-state index contributed by atoms with van der Waals surface area (Å²) in [5.41, 5.74) is 1.09. The average molecular weight is 290 g/mol. The molecule has 1 fully saturated rings. The van der Waals surface area contributed by atoms with Crippen molar-refractivity contribution in [2.24, 2.45) is 0 Å². The molecule has 4 heteroatoms. The zero-order chi connectivity index (χ0) is 13.9. The molecule has 1 aliphatic heterocycles. The number of hydrogen-bond acceptors (Lipinski definition) is 3. The van der Waals surface area contributed by atoms with Crippen LogP contribution in [0.4, 0.5) is 0 Å². The highest BCUT2D eigenvalue weighted by atomic mass is 32.1. The maximum absolute atomic E-state index is 12.1. The predicted octanol–water partition coefficient (Wildman–Crippen LogP) is 3.33. The first-order valence-corrected chi connectivity index (χ1v) is 8.43. The molecule has 20 heavy (non-hydrogen) atoms. The number of likely N-dealkylation sites (tertiary alicyclic amines) is 1. The third-order valence-electron chi connectivity index (χ3n) is 4.40. The van der Waals surface area contributed by atoms with Gasteiger partial charge in [0.25, 0.3) is 0 Å². The summed E-state index contributed by atoms with van der Waals surface area (Å²) in [4.78, 5) is 14.9. The molecule has 0 bridgehead atoms. The van der Waals surface area contributed by atoms with Gasteiger partial charge in [0.05, 0.1) is 10.2 Å². The number of aromatic nitrogens is 1. The number of nitrogens with zero attached hydrogens (tertiary/aromatic N) is 2. The van der Waals surface area contributed by atoms with Gasteiger partial charge < -0.3 is 0 Å². The Hall–Kier alpha value is -1.13. The van der Waals surface area contributed by atoms with Gasteiger partial charge in [-0.2, -0.15) is 0 Å². The normalized spacial score (nSPS) is 20.6. The fourth-order valence-electron chi connectivity index (χ4n) is 3.27. The van der Waals surface area contributed by atoms with E-state index in [0.717, 1.165) is 23.3 Å². The van der Waals surface area contributed by atoms with Crippen molar-refractivity contribution in [3.63, 3.8) is 0 Å². The van der Waals surface area contributed by atoms with E-state index in [1.54, 1.807) is 0 Å². The first-order chi connectivity index (χ1) is 9.79. The molecular formula is C16H22N2OS. The van der Waals surface area contributed by atoms with Gasteiger partial charge in [-0.05, 0) is 37.9 Å². The van der Waals surface area contributed by atoms with Crippen LogP contribution in [0, 0.1) is 0 Å². The van der Waals surface area contributed by atoms with Crippen LogP contribution < -0.4 is 4.87 Å². The van der Waals surface area contributed by atoms with Crippen molar-refractivity contribution in [1.29, 1.82) is 0 Å². The van der Waals surface area contributed by atoms with Gasteiger partial charge >= 0.3 is 4.87 Å². The van der Waals surface area contributed by atoms with Crippen molar-refractivity contribution >= 4 is 21.6 Å². The first kappa shape index (κ1) is 13.8. The molecule has 1 saturated heterocycles. The van der Waals surface area contributed by atoms with Gasteiger partial charge in [0, 0.05) is 19.1 Å². The van der Waals surface area contributed by atoms with E-state index in [1.807, 2.05) is 22.8 Å². The quantitative estimate of drug-likeness (QED) is 0.863. The topological polar surface area (TPSA) is 25.2 Å². The molecule has 0 radical (unpaired) electrons. The molecule has 2 heterocycles. The van der Waals surface area contributed by atoms with Gasteiger partial charge in [-0.1, -0.05) is 36.8 Å². The Bertz CT molecular complexity index is 631. The van der Waals surface area contributed by atoms with E-state index in [1.165, 1.54) is 43.6 Å². The number of thiazole rings is 1. The lowest BCUT2D eigenvalue weighted by Crippen LogP contribution is -2.41. The summed E-state index contributed by atoms with van der Waals surface area (Å²) >= 11 is 1.36. The largest absolute Gasteiger partial charge is 0.308 e. The lowest BCUT2D eigenvalue weighted by molar-refractivity contribution is 0.139. The van der Waals surface area contributed by atoms with Crippen molar-refractivity contribution in [2.75, 3.05) is 13.1 Å². The molecular weight excluding hydrogens is 268 g/mol. The van der Waals surface area contributed by atoms with Crippen LogP contribution in [-0.2, 0) is 6.54 Å². The van der Waals surface area contributed by atoms with Crippen LogP contribution >= 0.6 is 11.3 Å². The average Bonchev–Trinajstić information content (AvgIpc) is 2.81. The summed E-state index contributed by atoms with van der Waals surface area (Å²) in [5, 5.41) is 0. The van der Waals surface area contributed by atoms with Gasteiger partial charge in [0.1, 0.15) is 0 Å². The van der Waals surface area contributed by atoms with Crippen LogP contribution in [-0.4, -0.2) is 28.6 Å². The maximum Gasteiger partial charge on any atom is 0.308 e. The number of benzene rings is 1. The minimum Gasteiger partial charge on any atom is -0.299 e. The zero-order valence-electron chi connectivity index (χ0n) is 12.0. The summed E-state index contributed by atoms with van der Waals surface area (Å²) in [7, 11) is 0. The fraction of sp³-hybridized carbons (Fsp3) is 0.562. The van der Waals surface area contributed by atoms with Crippen LogP contribution in [0.25, 0.3) is 10.2 Å². The Morgan fingerprint density at radius 2 is 2.10 bits per heavy atom. The molecule has 0 aliphatic carbocycles. The van der Waals surface area contributed by atoms with Crippen molar-refractivity contribution in [3.05, 3.63) is 33.9 Å². The van der Waals surface area contributed by atoms with Crippen molar-refractivity contribution in [1.82, 2.24) is 9.47 Å². The lowest BCUT2D eigenvalue weighted by Gasteiger charge is -2.35. The van der Waals surface area contributed by atoms with Crippen LogP contribution in [0.1, 0.15) is 32.6 Å². The first-order valence-electron chi connectivity index (χ1n) is 7.62. The van der Waals surface area contributed by atoms with Gasteiger partial charge in [0.15, 0.2) is 0 Å². The molecule has 0 N–H and O–H groups in total. The molecule has 0 saturated carbocycles. The summed E-state index contributed by atoms with van der Waals surface area (Å²) in [6, 6.07) is 8.82. The molecule has 1 aromatic heterocycles. The minimum atomic E-state index is 0.177. The van der Waals surface area contributed by atoms with E-state index in [9.17, 15) is 4.79 Å². The Labute approximate surface area is 123 Å². The van der Waals surface area contributed by atoms with Gasteiger partial charge in [-0.3, -0.25) is 14.3 Å². The second-order valence-corrected chi connectivity index (χ2v) is 6.57. The van der Waals surface area contributed by atoms with Crippen LogP contribution in [0.5, 0.6) is 0 Å². The highest BCUT2D eigenvalue weighted by molar-refractivity contribution is 7.16. The van der Waals surface area contributed by atoms with E-state index in [0.29, 0.717) is 6.04 Å². The summed E-state index contributed by atoms with van der Waals surface area (Å²) in [6.07, 6.45) is 5.20. The molecule has 1 aliphatic rings. The summed E-state index contributed by atoms with van der Waals surface area (Å²) in [5.74, 6) is 0. The molecule has 2 aromatic rings. The van der Waals surface area contributed by atoms with Gasteiger partial charge in [-0.15, -0.1) is 0 Å². The molecule has 108 valence electrons. The molecule has 3 nitrogen and oxygen atoms in total. The van der Waals surface area contributed by atoms with Gasteiger partial charge in [0.2, 0.25) is 0 Å². The molecule has 0 amide bonds. The Morgan fingerprint density at radius 1 is 1.25 bits per heavy atom. The highest BCUT2D eigenvalue weighted by Gasteiger charge is 2.20. The van der Waals surface area contributed by atoms with Crippen molar-refractivity contribution in [3.8, 4) is 0 Å². The number of fused-ring (bicyclic) bond motifs is 1. The number of rotatable bonds is 4. The van der Waals surface area contributed by atoms with Crippen LogP contribution in [0.2, 0.25) is 0 Å². The number of piperidine rings is 1. The molecule has 0 spiro atoms. The molecule has 1 aromatic carbocycles. The zero-order valence-corrected chi connectivity index (χ0v) is 12.9. The van der Waals surface area contributed by atoms with E-state index in [-0.39, 0.29) is 4.87 Å². The third kappa shape index (κ3) is 2.67. The summed E-state index contributed by atoms with van der Waals surface area (Å²) in [6.45, 7) is 5.28. The maximum atomic E-state index is 12.1. The number of hydrogen-bond donors (Lipinski definition) is 0. The SMILES string of the molecule is CCC1CCCCN1CCn1c(=O)sc2ccccc21. The highest BCUT2D eigenvalue weighted by Crippen LogP contribution is 2.20. The fourth-order valence-corrected chi connectivity index (χ4v) is 4.19. The Kier molecular flexibility index (Phi) is 4.22. The lowest BCUT2D eigenvalue weighted by atomic mass is 10.0. The van der Waals surface area contributed by atoms with E-state index >= 15 is 0 Å². The van der Waals surface area contributed by atoms with E-state index in [2.05, 4.69) is 17.9 Å². The second kappa shape index (κ2) is 6.10. The smallest absolute Gasteiger partial charge is 0.299 e. The molecule has 3 rings (SSSR count). The van der Waals surface area contributed by atoms with Gasteiger partial charge in [-0.25, -0.2) is 0 Å². The van der Waals surface area contributed by atoms with E-state index < -0.39 is 0 Å². The van der Waals surface area contributed by atoms with Crippen LogP contribution in [0.3, 0.4) is 0 Å². The monoisotopic (exact) mass is 290 g/mol.